The molecule has 0 spiro atoms. The van der Waals surface area contributed by atoms with Gasteiger partial charge in [-0.05, 0) is 0 Å². The maximum atomic E-state index is 2.60. The van der Waals surface area contributed by atoms with Crippen LogP contribution in [0.2, 0.25) is 5.32 Å². The van der Waals surface area contributed by atoms with Crippen LogP contribution < -0.4 is 29.6 Å². The number of rotatable bonds is 2. The molecule has 1 aromatic carbocycles. The van der Waals surface area contributed by atoms with Gasteiger partial charge in [0.1, 0.15) is 0 Å². The second-order valence-electron chi connectivity index (χ2n) is 1.96. The van der Waals surface area contributed by atoms with Crippen LogP contribution in [0, 0.1) is 0 Å². The molecule has 2 heteroatoms. The second-order valence-corrected chi connectivity index (χ2v) is 2.90. The molecule has 0 unspecified atom stereocenters. The van der Waals surface area contributed by atoms with Gasteiger partial charge in [0.25, 0.3) is 0 Å². The third-order valence-electron chi connectivity index (χ3n) is 1.24. The molecule has 0 aliphatic carbocycles. The van der Waals surface area contributed by atoms with E-state index in [1.54, 1.807) is 0 Å². The molecule has 50 valence electrons. The van der Waals surface area contributed by atoms with Gasteiger partial charge in [-0.3, -0.25) is 0 Å². The summed E-state index contributed by atoms with van der Waals surface area (Å²) in [7, 11) is 0. The van der Waals surface area contributed by atoms with Crippen LogP contribution in [0.5, 0.6) is 0 Å². The zero-order valence-electron chi connectivity index (χ0n) is 7.25. The summed E-state index contributed by atoms with van der Waals surface area (Å²) in [5.41, 5.74) is 1.43. The van der Waals surface area contributed by atoms with Crippen molar-refractivity contribution in [1.82, 2.24) is 0 Å². The van der Waals surface area contributed by atoms with E-state index in [0.29, 0.717) is 0 Å². The van der Waals surface area contributed by atoms with E-state index in [1.165, 1.54) is 17.3 Å². The van der Waals surface area contributed by atoms with Crippen molar-refractivity contribution in [2.45, 2.75) is 11.7 Å². The monoisotopic (exact) mass is 210 g/mol. The number of aryl methyl sites for hydroxylation is 1. The topological polar surface area (TPSA) is 0 Å². The zero-order chi connectivity index (χ0) is 6.53. The summed E-state index contributed by atoms with van der Waals surface area (Å²) in [4.78, 5) is 0. The Labute approximate surface area is 94.0 Å². The van der Waals surface area contributed by atoms with Crippen molar-refractivity contribution in [3.05, 3.63) is 35.9 Å². The van der Waals surface area contributed by atoms with Crippen LogP contribution >= 0.6 is 0 Å². The standard InChI is InChI=1S/C8H10Se.Na.H/c9-7-6-8-4-2-1-3-5-8;;/h1-5,9H,6-7H2;;/q;+1;-1. The number of hydrogen-bond donors (Lipinski definition) is 0. The van der Waals surface area contributed by atoms with E-state index >= 15 is 0 Å². The summed E-state index contributed by atoms with van der Waals surface area (Å²) in [6.45, 7) is 0. The molecule has 0 aromatic heterocycles. The Morgan fingerprint density at radius 1 is 1.20 bits per heavy atom. The SMILES string of the molecule is [H-].[Na+].[SeH]CCc1ccccc1. The molecule has 0 aliphatic rings. The van der Waals surface area contributed by atoms with Crippen LogP contribution in [0.3, 0.4) is 0 Å². The Morgan fingerprint density at radius 2 is 1.80 bits per heavy atom. The van der Waals surface area contributed by atoms with Crippen LogP contribution in [0.1, 0.15) is 6.99 Å². The summed E-state index contributed by atoms with van der Waals surface area (Å²) in [6.07, 6.45) is 1.18. The first kappa shape index (κ1) is 10.7. The molecule has 0 nitrogen and oxygen atoms in total. The Balaban J connectivity index is 0. The molecule has 10 heavy (non-hydrogen) atoms. The molecule has 0 amide bonds. The molecule has 0 saturated carbocycles. The first-order valence-corrected chi connectivity index (χ1v) is 4.41. The molecule has 0 bridgehead atoms. The summed E-state index contributed by atoms with van der Waals surface area (Å²) >= 11 is 2.60. The quantitative estimate of drug-likeness (QED) is 0.529. The van der Waals surface area contributed by atoms with Gasteiger partial charge in [-0.25, -0.2) is 0 Å². The number of hydrogen-bond acceptors (Lipinski definition) is 0. The third kappa shape index (κ3) is 3.80. The van der Waals surface area contributed by atoms with Gasteiger partial charge in [-0.15, -0.1) is 0 Å². The van der Waals surface area contributed by atoms with Gasteiger partial charge >= 0.3 is 93.2 Å². The molecule has 0 N–H and O–H groups in total. The molecule has 0 aliphatic heterocycles. The molecule has 0 heterocycles. The van der Waals surface area contributed by atoms with Gasteiger partial charge < -0.3 is 1.43 Å². The molecule has 0 atom stereocenters. The fraction of sp³-hybridized carbons (Fsp3) is 0.250. The summed E-state index contributed by atoms with van der Waals surface area (Å²) in [6, 6.07) is 10.5. The van der Waals surface area contributed by atoms with Crippen molar-refractivity contribution in [2.24, 2.45) is 0 Å². The van der Waals surface area contributed by atoms with Gasteiger partial charge in [-0.1, -0.05) is 0 Å². The van der Waals surface area contributed by atoms with Crippen molar-refractivity contribution in [3.8, 4) is 0 Å². The van der Waals surface area contributed by atoms with E-state index in [9.17, 15) is 0 Å². The minimum atomic E-state index is 0. The maximum absolute atomic E-state index is 2.60. The van der Waals surface area contributed by atoms with E-state index < -0.39 is 0 Å². The van der Waals surface area contributed by atoms with Crippen molar-refractivity contribution >= 4 is 16.0 Å². The Bertz CT molecular complexity index is 167. The molecule has 0 fully saturated rings. The normalized spacial score (nSPS) is 8.50. The zero-order valence-corrected chi connectivity index (χ0v) is 10.1. The Kier molecular flexibility index (Phi) is 6.93. The van der Waals surface area contributed by atoms with Crippen LogP contribution in [-0.2, 0) is 6.42 Å². The van der Waals surface area contributed by atoms with Gasteiger partial charge in [-0.2, -0.15) is 0 Å². The first-order chi connectivity index (χ1) is 4.43. The summed E-state index contributed by atoms with van der Waals surface area (Å²) in [5.74, 6) is 0. The third-order valence-corrected chi connectivity index (χ3v) is 1.71. The van der Waals surface area contributed by atoms with E-state index in [2.05, 4.69) is 40.3 Å². The molecule has 0 saturated heterocycles. The fourth-order valence-electron chi connectivity index (χ4n) is 0.774. The van der Waals surface area contributed by atoms with Crippen molar-refractivity contribution in [3.63, 3.8) is 0 Å². The molecular weight excluding hydrogens is 198 g/mol. The van der Waals surface area contributed by atoms with E-state index in [0.717, 1.165) is 0 Å². The van der Waals surface area contributed by atoms with Crippen molar-refractivity contribution < 1.29 is 31.0 Å². The molecular formula is C8H11NaSe. The Hall–Kier alpha value is 0.739. The predicted octanol–water partition coefficient (Wildman–Crippen LogP) is -1.34. The van der Waals surface area contributed by atoms with Crippen LogP contribution in [0.4, 0.5) is 0 Å². The average molecular weight is 209 g/mol. The fourth-order valence-corrected chi connectivity index (χ4v) is 1.32. The Morgan fingerprint density at radius 3 is 2.30 bits per heavy atom. The summed E-state index contributed by atoms with van der Waals surface area (Å²) < 4.78 is 0. The predicted molar refractivity (Wildman–Crippen MR) is 43.2 cm³/mol. The molecule has 0 radical (unpaired) electrons. The summed E-state index contributed by atoms with van der Waals surface area (Å²) in [5, 5.41) is 1.18. The first-order valence-electron chi connectivity index (χ1n) is 3.08. The van der Waals surface area contributed by atoms with Gasteiger partial charge in [0.2, 0.25) is 0 Å². The average Bonchev–Trinajstić information content (AvgIpc) is 1.91. The van der Waals surface area contributed by atoms with Crippen molar-refractivity contribution in [1.29, 1.82) is 0 Å². The van der Waals surface area contributed by atoms with E-state index in [1.807, 2.05) is 6.07 Å². The molecule has 1 aromatic rings. The van der Waals surface area contributed by atoms with Crippen LogP contribution in [0.25, 0.3) is 0 Å². The van der Waals surface area contributed by atoms with Gasteiger partial charge in [0.05, 0.1) is 0 Å². The van der Waals surface area contributed by atoms with E-state index in [4.69, 9.17) is 0 Å². The van der Waals surface area contributed by atoms with Crippen LogP contribution in [0.15, 0.2) is 30.3 Å². The van der Waals surface area contributed by atoms with E-state index in [-0.39, 0.29) is 31.0 Å². The van der Waals surface area contributed by atoms with Crippen LogP contribution in [-0.4, -0.2) is 16.0 Å². The second kappa shape index (κ2) is 6.45. The molecule has 1 rings (SSSR count). The van der Waals surface area contributed by atoms with Gasteiger partial charge in [0.15, 0.2) is 0 Å². The van der Waals surface area contributed by atoms with Crippen molar-refractivity contribution in [2.75, 3.05) is 0 Å². The van der Waals surface area contributed by atoms with Gasteiger partial charge in [0, 0.05) is 0 Å². The number of benzene rings is 1. The minimum absolute atomic E-state index is 0.